The summed E-state index contributed by atoms with van der Waals surface area (Å²) in [5.41, 5.74) is 2.03. The largest absolute Gasteiger partial charge is 0.0843 e. The van der Waals surface area contributed by atoms with E-state index in [-0.39, 0.29) is 0 Å². The van der Waals surface area contributed by atoms with Gasteiger partial charge in [0.05, 0.1) is 0 Å². The van der Waals surface area contributed by atoms with E-state index in [4.69, 9.17) is 23.2 Å². The number of benzene rings is 2. The number of rotatable bonds is 1. The SMILES string of the molecule is Clc1ccc(Br)c(-c2cc(Cl)ccc2Br)c1. The van der Waals surface area contributed by atoms with Gasteiger partial charge in [0.15, 0.2) is 0 Å². The lowest BCUT2D eigenvalue weighted by Gasteiger charge is -2.08. The van der Waals surface area contributed by atoms with Crippen molar-refractivity contribution in [3.8, 4) is 11.1 Å². The van der Waals surface area contributed by atoms with Crippen molar-refractivity contribution in [1.82, 2.24) is 0 Å². The van der Waals surface area contributed by atoms with Crippen molar-refractivity contribution in [2.75, 3.05) is 0 Å². The second-order valence-electron chi connectivity index (χ2n) is 3.25. The highest BCUT2D eigenvalue weighted by atomic mass is 79.9. The topological polar surface area (TPSA) is 0 Å². The van der Waals surface area contributed by atoms with E-state index in [9.17, 15) is 0 Å². The van der Waals surface area contributed by atoms with E-state index in [1.807, 2.05) is 36.4 Å². The van der Waals surface area contributed by atoms with Gasteiger partial charge >= 0.3 is 0 Å². The quantitative estimate of drug-likeness (QED) is 0.553. The highest BCUT2D eigenvalue weighted by Gasteiger charge is 2.08. The maximum Gasteiger partial charge on any atom is 0.0412 e. The highest BCUT2D eigenvalue weighted by molar-refractivity contribution is 9.11. The van der Waals surface area contributed by atoms with Crippen molar-refractivity contribution in [3.63, 3.8) is 0 Å². The number of hydrogen-bond donors (Lipinski definition) is 0. The molecule has 0 amide bonds. The minimum absolute atomic E-state index is 0.699. The lowest BCUT2D eigenvalue weighted by atomic mass is 10.1. The van der Waals surface area contributed by atoms with E-state index >= 15 is 0 Å². The monoisotopic (exact) mass is 378 g/mol. The van der Waals surface area contributed by atoms with Crippen molar-refractivity contribution in [3.05, 3.63) is 55.4 Å². The van der Waals surface area contributed by atoms with E-state index in [1.54, 1.807) is 0 Å². The van der Waals surface area contributed by atoms with Gasteiger partial charge in [-0.05, 0) is 47.5 Å². The third-order valence-corrected chi connectivity index (χ3v) is 4.00. The molecule has 0 nitrogen and oxygen atoms in total. The number of halogens is 4. The fourth-order valence-electron chi connectivity index (χ4n) is 1.41. The summed E-state index contributed by atoms with van der Waals surface area (Å²) in [6, 6.07) is 11.3. The lowest BCUT2D eigenvalue weighted by molar-refractivity contribution is 1.56. The Hall–Kier alpha value is -0.0200. The zero-order valence-corrected chi connectivity index (χ0v) is 12.7. The second-order valence-corrected chi connectivity index (χ2v) is 5.83. The molecule has 2 aromatic carbocycles. The summed E-state index contributed by atoms with van der Waals surface area (Å²) in [6.07, 6.45) is 0. The van der Waals surface area contributed by atoms with Crippen LogP contribution in [-0.4, -0.2) is 0 Å². The highest BCUT2D eigenvalue weighted by Crippen LogP contribution is 2.36. The van der Waals surface area contributed by atoms with Crippen molar-refractivity contribution >= 4 is 55.1 Å². The van der Waals surface area contributed by atoms with Gasteiger partial charge < -0.3 is 0 Å². The van der Waals surface area contributed by atoms with Gasteiger partial charge in [-0.25, -0.2) is 0 Å². The van der Waals surface area contributed by atoms with Crippen molar-refractivity contribution in [2.45, 2.75) is 0 Å². The predicted octanol–water partition coefficient (Wildman–Crippen LogP) is 6.19. The fraction of sp³-hybridized carbons (Fsp3) is 0. The lowest BCUT2D eigenvalue weighted by Crippen LogP contribution is -1.82. The smallest absolute Gasteiger partial charge is 0.0412 e. The fourth-order valence-corrected chi connectivity index (χ4v) is 2.67. The molecule has 16 heavy (non-hydrogen) atoms. The Bertz CT molecular complexity index is 489. The second kappa shape index (κ2) is 5.09. The molecule has 4 heteroatoms. The van der Waals surface area contributed by atoms with Crippen LogP contribution in [0.25, 0.3) is 11.1 Å². The van der Waals surface area contributed by atoms with Gasteiger partial charge in [-0.2, -0.15) is 0 Å². The van der Waals surface area contributed by atoms with Crippen LogP contribution in [0.3, 0.4) is 0 Å². The van der Waals surface area contributed by atoms with Gasteiger partial charge in [0.1, 0.15) is 0 Å². The van der Waals surface area contributed by atoms with E-state index in [0.717, 1.165) is 20.1 Å². The maximum atomic E-state index is 5.99. The number of hydrogen-bond acceptors (Lipinski definition) is 0. The standard InChI is InChI=1S/C12H6Br2Cl2/c13-11-3-1-7(15)5-9(11)10-6-8(16)2-4-12(10)14/h1-6H. The average molecular weight is 381 g/mol. The first-order chi connectivity index (χ1) is 7.58. The molecule has 0 aliphatic heterocycles. The van der Waals surface area contributed by atoms with Gasteiger partial charge in [-0.1, -0.05) is 55.1 Å². The molecular formula is C12H6Br2Cl2. The Labute approximate surface area is 121 Å². The first kappa shape index (κ1) is 12.4. The molecule has 0 fully saturated rings. The summed E-state index contributed by atoms with van der Waals surface area (Å²) in [5.74, 6) is 0. The molecule has 0 aromatic heterocycles. The molecule has 0 bridgehead atoms. The summed E-state index contributed by atoms with van der Waals surface area (Å²) in [6.45, 7) is 0. The Morgan fingerprint density at radius 2 is 1.06 bits per heavy atom. The molecule has 0 saturated carbocycles. The van der Waals surface area contributed by atoms with Gasteiger partial charge in [-0.3, -0.25) is 0 Å². The molecule has 0 heterocycles. The van der Waals surface area contributed by atoms with Crippen molar-refractivity contribution in [2.24, 2.45) is 0 Å². The van der Waals surface area contributed by atoms with Gasteiger partial charge in [-0.15, -0.1) is 0 Å². The normalized spacial score (nSPS) is 10.5. The van der Waals surface area contributed by atoms with Crippen LogP contribution in [0.4, 0.5) is 0 Å². The van der Waals surface area contributed by atoms with Crippen LogP contribution in [-0.2, 0) is 0 Å². The molecule has 0 aliphatic rings. The molecule has 0 unspecified atom stereocenters. The molecule has 0 radical (unpaired) electrons. The summed E-state index contributed by atoms with van der Waals surface area (Å²) >= 11 is 19.0. The molecule has 2 aromatic rings. The van der Waals surface area contributed by atoms with Crippen LogP contribution >= 0.6 is 55.1 Å². The molecule has 82 valence electrons. The summed E-state index contributed by atoms with van der Waals surface area (Å²) in [4.78, 5) is 0. The van der Waals surface area contributed by atoms with Gasteiger partial charge in [0, 0.05) is 19.0 Å². The minimum Gasteiger partial charge on any atom is -0.0843 e. The third-order valence-electron chi connectivity index (χ3n) is 2.15. The molecule has 0 saturated heterocycles. The van der Waals surface area contributed by atoms with E-state index < -0.39 is 0 Å². The maximum absolute atomic E-state index is 5.99. The van der Waals surface area contributed by atoms with Gasteiger partial charge in [0.25, 0.3) is 0 Å². The van der Waals surface area contributed by atoms with E-state index in [2.05, 4.69) is 31.9 Å². The van der Waals surface area contributed by atoms with Crippen LogP contribution in [0.5, 0.6) is 0 Å². The minimum atomic E-state index is 0.699. The Balaban J connectivity index is 2.66. The Kier molecular flexibility index (Phi) is 3.96. The molecule has 0 N–H and O–H groups in total. The molecule has 0 atom stereocenters. The molecule has 2 rings (SSSR count). The zero-order valence-electron chi connectivity index (χ0n) is 7.98. The van der Waals surface area contributed by atoms with Crippen LogP contribution in [0.2, 0.25) is 10.0 Å². The average Bonchev–Trinajstić information content (AvgIpc) is 2.25. The van der Waals surface area contributed by atoms with Crippen LogP contribution in [0.15, 0.2) is 45.3 Å². The molecular weight excluding hydrogens is 375 g/mol. The molecule has 0 aliphatic carbocycles. The van der Waals surface area contributed by atoms with Gasteiger partial charge in [0.2, 0.25) is 0 Å². The Morgan fingerprint density at radius 3 is 1.44 bits per heavy atom. The van der Waals surface area contributed by atoms with Crippen molar-refractivity contribution < 1.29 is 0 Å². The summed E-state index contributed by atoms with van der Waals surface area (Å²) in [5, 5.41) is 1.40. The molecule has 0 spiro atoms. The van der Waals surface area contributed by atoms with Crippen LogP contribution in [0.1, 0.15) is 0 Å². The summed E-state index contributed by atoms with van der Waals surface area (Å²) < 4.78 is 1.97. The first-order valence-electron chi connectivity index (χ1n) is 4.48. The summed E-state index contributed by atoms with van der Waals surface area (Å²) in [7, 11) is 0. The first-order valence-corrected chi connectivity index (χ1v) is 6.82. The predicted molar refractivity (Wildman–Crippen MR) is 77.3 cm³/mol. The van der Waals surface area contributed by atoms with E-state index in [0.29, 0.717) is 10.0 Å². The zero-order chi connectivity index (χ0) is 11.7. The van der Waals surface area contributed by atoms with Crippen LogP contribution < -0.4 is 0 Å². The Morgan fingerprint density at radius 1 is 0.688 bits per heavy atom. The third kappa shape index (κ3) is 2.62. The van der Waals surface area contributed by atoms with Crippen molar-refractivity contribution in [1.29, 1.82) is 0 Å². The van der Waals surface area contributed by atoms with Crippen LogP contribution in [0, 0.1) is 0 Å². The van der Waals surface area contributed by atoms with E-state index in [1.165, 1.54) is 0 Å².